The van der Waals surface area contributed by atoms with Crippen LogP contribution in [0.15, 0.2) is 29.1 Å². The summed E-state index contributed by atoms with van der Waals surface area (Å²) in [6.45, 7) is 1.46. The summed E-state index contributed by atoms with van der Waals surface area (Å²) < 4.78 is 4.50. The number of para-hydroxylation sites is 2. The van der Waals surface area contributed by atoms with Crippen molar-refractivity contribution < 1.29 is 19.7 Å². The predicted molar refractivity (Wildman–Crippen MR) is 65.1 cm³/mol. The zero-order chi connectivity index (χ0) is 14.0. The zero-order valence-corrected chi connectivity index (χ0v) is 10.1. The number of H-pyrrole nitrogens is 1. The molecule has 3 N–H and O–H groups in total. The normalized spacial score (nSPS) is 11.5. The average Bonchev–Trinajstić information content (AvgIpc) is 2.38. The lowest BCUT2D eigenvalue weighted by atomic mass is 10.2. The molecular formula is C12H12N2O5. The van der Waals surface area contributed by atoms with E-state index in [2.05, 4.69) is 14.7 Å². The van der Waals surface area contributed by atoms with Crippen molar-refractivity contribution in [3.63, 3.8) is 0 Å². The molecule has 0 fully saturated rings. The Bertz CT molecular complexity index is 677. The van der Waals surface area contributed by atoms with Gasteiger partial charge in [0, 0.05) is 0 Å². The van der Waals surface area contributed by atoms with E-state index in [0.29, 0.717) is 11.0 Å². The third-order valence-electron chi connectivity index (χ3n) is 2.49. The maximum Gasteiger partial charge on any atom is 0.373 e. The summed E-state index contributed by atoms with van der Waals surface area (Å²) in [5, 5.41) is 19.4. The van der Waals surface area contributed by atoms with Crippen LogP contribution in [0.2, 0.25) is 0 Å². The van der Waals surface area contributed by atoms with Gasteiger partial charge in [0.15, 0.2) is 5.69 Å². The van der Waals surface area contributed by atoms with Gasteiger partial charge in [0.2, 0.25) is 0 Å². The minimum absolute atomic E-state index is 0.0484. The first kappa shape index (κ1) is 13.2. The molecule has 100 valence electrons. The molecule has 7 heteroatoms. The summed E-state index contributed by atoms with van der Waals surface area (Å²) in [5.74, 6) is -4.42. The van der Waals surface area contributed by atoms with Gasteiger partial charge in [-0.1, -0.05) is 12.1 Å². The smallest absolute Gasteiger partial charge is 0.373 e. The number of hydrogen-bond donors (Lipinski definition) is 3. The number of fused-ring (bicyclic) bond motifs is 1. The van der Waals surface area contributed by atoms with Gasteiger partial charge >= 0.3 is 11.8 Å². The van der Waals surface area contributed by atoms with E-state index in [0.717, 1.165) is 0 Å². The van der Waals surface area contributed by atoms with Gasteiger partial charge < -0.3 is 19.9 Å². The Hall–Kier alpha value is -2.25. The molecule has 19 heavy (non-hydrogen) atoms. The Labute approximate surface area is 107 Å². The molecule has 0 amide bonds. The van der Waals surface area contributed by atoms with Gasteiger partial charge in [0.1, 0.15) is 0 Å². The SMILES string of the molecule is CCOC(=O)C(O)(O)c1nc2ccccc2[nH]c1=O. The summed E-state index contributed by atoms with van der Waals surface area (Å²) >= 11 is 0. The number of aromatic amines is 1. The topological polar surface area (TPSA) is 113 Å². The van der Waals surface area contributed by atoms with E-state index in [1.165, 1.54) is 6.92 Å². The maximum absolute atomic E-state index is 11.7. The fourth-order valence-electron chi connectivity index (χ4n) is 1.59. The number of nitrogens with one attached hydrogen (secondary N) is 1. The number of aromatic nitrogens is 2. The van der Waals surface area contributed by atoms with E-state index in [9.17, 15) is 19.8 Å². The first-order valence-electron chi connectivity index (χ1n) is 5.58. The third-order valence-corrected chi connectivity index (χ3v) is 2.49. The molecule has 1 heterocycles. The third kappa shape index (κ3) is 2.33. The van der Waals surface area contributed by atoms with Gasteiger partial charge in [-0.2, -0.15) is 0 Å². The Morgan fingerprint density at radius 3 is 2.79 bits per heavy atom. The van der Waals surface area contributed by atoms with E-state index >= 15 is 0 Å². The molecule has 2 aromatic rings. The molecule has 2 rings (SSSR count). The molecule has 1 aromatic heterocycles. The zero-order valence-electron chi connectivity index (χ0n) is 10.1. The lowest BCUT2D eigenvalue weighted by Crippen LogP contribution is -2.42. The number of rotatable bonds is 3. The minimum atomic E-state index is -3.08. The molecule has 1 aromatic carbocycles. The van der Waals surface area contributed by atoms with Crippen molar-refractivity contribution in [2.24, 2.45) is 0 Å². The molecule has 0 spiro atoms. The van der Waals surface area contributed by atoms with Crippen molar-refractivity contribution in [1.29, 1.82) is 0 Å². The summed E-state index contributed by atoms with van der Waals surface area (Å²) in [7, 11) is 0. The lowest BCUT2D eigenvalue weighted by Gasteiger charge is -2.17. The van der Waals surface area contributed by atoms with Gasteiger partial charge in [-0.15, -0.1) is 0 Å². The molecule has 0 radical (unpaired) electrons. The highest BCUT2D eigenvalue weighted by molar-refractivity contribution is 5.80. The summed E-state index contributed by atoms with van der Waals surface area (Å²) in [6.07, 6.45) is 0. The van der Waals surface area contributed by atoms with Crippen LogP contribution >= 0.6 is 0 Å². The van der Waals surface area contributed by atoms with Gasteiger partial charge in [0.25, 0.3) is 5.56 Å². The van der Waals surface area contributed by atoms with Gasteiger partial charge in [0.05, 0.1) is 17.6 Å². The standard InChI is InChI=1S/C12H12N2O5/c1-2-19-11(16)12(17,18)9-10(15)14-8-6-4-3-5-7(8)13-9/h3-6,17-18H,2H2,1H3,(H,14,15). The van der Waals surface area contributed by atoms with E-state index in [1.807, 2.05) is 0 Å². The predicted octanol–water partition coefficient (Wildman–Crippen LogP) is -0.376. The fraction of sp³-hybridized carbons (Fsp3) is 0.250. The molecule has 0 saturated heterocycles. The van der Waals surface area contributed by atoms with E-state index in [1.54, 1.807) is 24.3 Å². The number of carbonyl (C=O) groups is 1. The van der Waals surface area contributed by atoms with Crippen molar-refractivity contribution >= 4 is 17.0 Å². The Kier molecular flexibility index (Phi) is 3.32. The summed E-state index contributed by atoms with van der Waals surface area (Å²) in [5.41, 5.74) is -0.828. The molecule has 0 unspecified atom stereocenters. The van der Waals surface area contributed by atoms with Crippen LogP contribution in [-0.4, -0.2) is 32.8 Å². The number of nitrogens with zero attached hydrogens (tertiary/aromatic N) is 1. The van der Waals surface area contributed by atoms with Crippen LogP contribution in [0.3, 0.4) is 0 Å². The fourth-order valence-corrected chi connectivity index (χ4v) is 1.59. The van der Waals surface area contributed by atoms with E-state index < -0.39 is 23.0 Å². The molecule has 0 aliphatic heterocycles. The lowest BCUT2D eigenvalue weighted by molar-refractivity contribution is -0.215. The van der Waals surface area contributed by atoms with Crippen LogP contribution in [0.1, 0.15) is 12.6 Å². The molecule has 0 bridgehead atoms. The Balaban J connectivity index is 2.59. The van der Waals surface area contributed by atoms with E-state index in [-0.39, 0.29) is 6.61 Å². The van der Waals surface area contributed by atoms with Crippen molar-refractivity contribution in [3.8, 4) is 0 Å². The summed E-state index contributed by atoms with van der Waals surface area (Å²) in [4.78, 5) is 29.4. The van der Waals surface area contributed by atoms with Crippen LogP contribution < -0.4 is 5.56 Å². The largest absolute Gasteiger partial charge is 0.462 e. The second-order valence-electron chi connectivity index (χ2n) is 3.82. The van der Waals surface area contributed by atoms with E-state index in [4.69, 9.17) is 0 Å². The average molecular weight is 264 g/mol. The highest BCUT2D eigenvalue weighted by Gasteiger charge is 2.41. The number of esters is 1. The molecule has 0 saturated carbocycles. The Morgan fingerprint density at radius 2 is 2.11 bits per heavy atom. The highest BCUT2D eigenvalue weighted by Crippen LogP contribution is 2.16. The number of ether oxygens (including phenoxy) is 1. The maximum atomic E-state index is 11.7. The number of hydrogen-bond acceptors (Lipinski definition) is 6. The van der Waals surface area contributed by atoms with Crippen LogP contribution in [0, 0.1) is 0 Å². The number of benzene rings is 1. The molecular weight excluding hydrogens is 252 g/mol. The van der Waals surface area contributed by atoms with Crippen LogP contribution in [0.5, 0.6) is 0 Å². The number of carbonyl (C=O) groups excluding carboxylic acids is 1. The van der Waals surface area contributed by atoms with Crippen molar-refractivity contribution in [2.75, 3.05) is 6.61 Å². The molecule has 0 atom stereocenters. The second-order valence-corrected chi connectivity index (χ2v) is 3.82. The molecule has 0 aliphatic carbocycles. The van der Waals surface area contributed by atoms with Gasteiger partial charge in [-0.3, -0.25) is 4.79 Å². The van der Waals surface area contributed by atoms with Crippen molar-refractivity contribution in [2.45, 2.75) is 12.7 Å². The Morgan fingerprint density at radius 1 is 1.42 bits per heavy atom. The van der Waals surface area contributed by atoms with Crippen LogP contribution in [-0.2, 0) is 15.3 Å². The summed E-state index contributed by atoms with van der Waals surface area (Å²) in [6, 6.07) is 6.53. The van der Waals surface area contributed by atoms with Gasteiger partial charge in [-0.05, 0) is 19.1 Å². The first-order chi connectivity index (χ1) is 8.96. The van der Waals surface area contributed by atoms with Crippen molar-refractivity contribution in [1.82, 2.24) is 9.97 Å². The van der Waals surface area contributed by atoms with Crippen LogP contribution in [0.25, 0.3) is 11.0 Å². The minimum Gasteiger partial charge on any atom is -0.462 e. The van der Waals surface area contributed by atoms with Crippen molar-refractivity contribution in [3.05, 3.63) is 40.3 Å². The monoisotopic (exact) mass is 264 g/mol. The first-order valence-corrected chi connectivity index (χ1v) is 5.58. The quantitative estimate of drug-likeness (QED) is 0.514. The van der Waals surface area contributed by atoms with Crippen LogP contribution in [0.4, 0.5) is 0 Å². The van der Waals surface area contributed by atoms with Gasteiger partial charge in [-0.25, -0.2) is 9.78 Å². The number of aliphatic hydroxyl groups is 2. The second kappa shape index (κ2) is 4.79. The molecule has 0 aliphatic rings. The molecule has 7 nitrogen and oxygen atoms in total. The highest BCUT2D eigenvalue weighted by atomic mass is 16.6.